The van der Waals surface area contributed by atoms with E-state index in [4.69, 9.17) is 0 Å². The molecular formula is C14H16F2N4. The van der Waals surface area contributed by atoms with Gasteiger partial charge in [0.25, 0.3) is 0 Å². The van der Waals surface area contributed by atoms with Crippen LogP contribution in [0.25, 0.3) is 0 Å². The zero-order valence-corrected chi connectivity index (χ0v) is 11.5. The van der Waals surface area contributed by atoms with Crippen LogP contribution in [-0.4, -0.2) is 16.0 Å². The fourth-order valence-electron chi connectivity index (χ4n) is 1.68. The zero-order valence-electron chi connectivity index (χ0n) is 11.5. The van der Waals surface area contributed by atoms with Crippen LogP contribution < -0.4 is 10.6 Å². The predicted octanol–water partition coefficient (Wildman–Crippen LogP) is 3.63. The molecule has 0 unspecified atom stereocenters. The summed E-state index contributed by atoms with van der Waals surface area (Å²) in [7, 11) is 0. The van der Waals surface area contributed by atoms with Gasteiger partial charge in [0.1, 0.15) is 17.5 Å². The van der Waals surface area contributed by atoms with E-state index in [1.807, 2.05) is 20.8 Å². The third kappa shape index (κ3) is 3.63. The van der Waals surface area contributed by atoms with Crippen LogP contribution in [0.3, 0.4) is 0 Å². The number of halogens is 2. The summed E-state index contributed by atoms with van der Waals surface area (Å²) < 4.78 is 26.4. The van der Waals surface area contributed by atoms with Gasteiger partial charge in [0, 0.05) is 23.9 Å². The first-order valence-electron chi connectivity index (χ1n) is 6.28. The second-order valence-electron chi connectivity index (χ2n) is 4.77. The molecule has 0 saturated carbocycles. The summed E-state index contributed by atoms with van der Waals surface area (Å²) in [6.07, 6.45) is 0. The third-order valence-corrected chi connectivity index (χ3v) is 2.47. The lowest BCUT2D eigenvalue weighted by atomic mass is 10.3. The molecule has 106 valence electrons. The maximum atomic E-state index is 13.6. The second-order valence-corrected chi connectivity index (χ2v) is 4.77. The summed E-state index contributed by atoms with van der Waals surface area (Å²) >= 11 is 0. The highest BCUT2D eigenvalue weighted by Crippen LogP contribution is 2.20. The SMILES string of the molecule is Cc1cc(Nc2ccc(F)cc2F)nc(NC(C)C)n1. The first kappa shape index (κ1) is 14.2. The molecule has 6 heteroatoms. The van der Waals surface area contributed by atoms with Crippen LogP contribution in [0.4, 0.5) is 26.2 Å². The van der Waals surface area contributed by atoms with Crippen molar-refractivity contribution in [1.29, 1.82) is 0 Å². The molecule has 20 heavy (non-hydrogen) atoms. The minimum Gasteiger partial charge on any atom is -0.352 e. The average Bonchev–Trinajstić information content (AvgIpc) is 2.31. The van der Waals surface area contributed by atoms with Crippen LogP contribution in [0.1, 0.15) is 19.5 Å². The number of benzene rings is 1. The Morgan fingerprint density at radius 3 is 2.50 bits per heavy atom. The van der Waals surface area contributed by atoms with Crippen molar-refractivity contribution in [1.82, 2.24) is 9.97 Å². The lowest BCUT2D eigenvalue weighted by Gasteiger charge is -2.12. The van der Waals surface area contributed by atoms with Gasteiger partial charge >= 0.3 is 0 Å². The third-order valence-electron chi connectivity index (χ3n) is 2.47. The van der Waals surface area contributed by atoms with Crippen molar-refractivity contribution in [2.45, 2.75) is 26.8 Å². The molecule has 0 saturated heterocycles. The van der Waals surface area contributed by atoms with Gasteiger partial charge in [0.2, 0.25) is 5.95 Å². The van der Waals surface area contributed by atoms with E-state index >= 15 is 0 Å². The van der Waals surface area contributed by atoms with Crippen molar-refractivity contribution in [3.05, 3.63) is 41.6 Å². The van der Waals surface area contributed by atoms with E-state index in [0.29, 0.717) is 11.8 Å². The Hall–Kier alpha value is -2.24. The van der Waals surface area contributed by atoms with Crippen molar-refractivity contribution in [3.63, 3.8) is 0 Å². The summed E-state index contributed by atoms with van der Waals surface area (Å²) in [6, 6.07) is 5.22. The van der Waals surface area contributed by atoms with E-state index in [1.54, 1.807) is 6.07 Å². The van der Waals surface area contributed by atoms with Crippen LogP contribution in [0.15, 0.2) is 24.3 Å². The standard InChI is InChI=1S/C14H16F2N4/c1-8(2)17-14-18-9(3)6-13(20-14)19-12-5-4-10(15)7-11(12)16/h4-8H,1-3H3,(H2,17,18,19,20). The fraction of sp³-hybridized carbons (Fsp3) is 0.286. The van der Waals surface area contributed by atoms with Gasteiger partial charge < -0.3 is 10.6 Å². The highest BCUT2D eigenvalue weighted by molar-refractivity contribution is 5.58. The molecule has 0 atom stereocenters. The molecule has 1 aromatic carbocycles. The average molecular weight is 278 g/mol. The molecule has 2 rings (SSSR count). The molecule has 0 fully saturated rings. The zero-order chi connectivity index (χ0) is 14.7. The topological polar surface area (TPSA) is 49.8 Å². The summed E-state index contributed by atoms with van der Waals surface area (Å²) in [5.74, 6) is -0.370. The Morgan fingerprint density at radius 1 is 1.10 bits per heavy atom. The van der Waals surface area contributed by atoms with Crippen molar-refractivity contribution >= 4 is 17.5 Å². The van der Waals surface area contributed by atoms with E-state index < -0.39 is 11.6 Å². The van der Waals surface area contributed by atoms with E-state index in [0.717, 1.165) is 11.8 Å². The highest BCUT2D eigenvalue weighted by atomic mass is 19.1. The Bertz CT molecular complexity index is 614. The Kier molecular flexibility index (Phi) is 4.12. The predicted molar refractivity (Wildman–Crippen MR) is 75.2 cm³/mol. The smallest absolute Gasteiger partial charge is 0.225 e. The first-order valence-corrected chi connectivity index (χ1v) is 6.28. The van der Waals surface area contributed by atoms with Gasteiger partial charge in [-0.2, -0.15) is 4.98 Å². The normalized spacial score (nSPS) is 10.7. The number of hydrogen-bond donors (Lipinski definition) is 2. The molecule has 0 bridgehead atoms. The van der Waals surface area contributed by atoms with Crippen molar-refractivity contribution in [3.8, 4) is 0 Å². The molecule has 0 aliphatic carbocycles. The number of rotatable bonds is 4. The van der Waals surface area contributed by atoms with Gasteiger partial charge in [-0.15, -0.1) is 0 Å². The van der Waals surface area contributed by atoms with Crippen LogP contribution >= 0.6 is 0 Å². The summed E-state index contributed by atoms with van der Waals surface area (Å²) in [5.41, 5.74) is 0.910. The summed E-state index contributed by atoms with van der Waals surface area (Å²) in [4.78, 5) is 8.47. The van der Waals surface area contributed by atoms with Gasteiger partial charge in [0.05, 0.1) is 5.69 Å². The van der Waals surface area contributed by atoms with Crippen molar-refractivity contribution in [2.75, 3.05) is 10.6 Å². The molecule has 2 aromatic rings. The number of aryl methyl sites for hydroxylation is 1. The van der Waals surface area contributed by atoms with E-state index in [-0.39, 0.29) is 11.7 Å². The lowest BCUT2D eigenvalue weighted by molar-refractivity contribution is 0.586. The molecule has 0 aliphatic rings. The fourth-order valence-corrected chi connectivity index (χ4v) is 1.68. The van der Waals surface area contributed by atoms with Crippen molar-refractivity contribution < 1.29 is 8.78 Å². The van der Waals surface area contributed by atoms with Crippen LogP contribution in [-0.2, 0) is 0 Å². The van der Waals surface area contributed by atoms with Gasteiger partial charge in [-0.3, -0.25) is 0 Å². The van der Waals surface area contributed by atoms with Gasteiger partial charge in [-0.1, -0.05) is 0 Å². The van der Waals surface area contributed by atoms with E-state index in [2.05, 4.69) is 20.6 Å². The Morgan fingerprint density at radius 2 is 1.85 bits per heavy atom. The van der Waals surface area contributed by atoms with E-state index in [1.165, 1.54) is 12.1 Å². The number of aromatic nitrogens is 2. The molecular weight excluding hydrogens is 262 g/mol. The van der Waals surface area contributed by atoms with E-state index in [9.17, 15) is 8.78 Å². The quantitative estimate of drug-likeness (QED) is 0.896. The molecule has 1 heterocycles. The van der Waals surface area contributed by atoms with Crippen molar-refractivity contribution in [2.24, 2.45) is 0 Å². The molecule has 4 nitrogen and oxygen atoms in total. The largest absolute Gasteiger partial charge is 0.352 e. The van der Waals surface area contributed by atoms with Crippen LogP contribution in [0.2, 0.25) is 0 Å². The summed E-state index contributed by atoms with van der Waals surface area (Å²) in [6.45, 7) is 5.76. The minimum absolute atomic E-state index is 0.167. The molecule has 0 radical (unpaired) electrons. The Balaban J connectivity index is 2.26. The minimum atomic E-state index is -0.667. The maximum Gasteiger partial charge on any atom is 0.225 e. The highest BCUT2D eigenvalue weighted by Gasteiger charge is 2.07. The second kappa shape index (κ2) is 5.81. The molecule has 0 spiro atoms. The monoisotopic (exact) mass is 278 g/mol. The molecule has 0 amide bonds. The Labute approximate surface area is 116 Å². The molecule has 2 N–H and O–H groups in total. The first-order chi connectivity index (χ1) is 9.44. The number of nitrogens with one attached hydrogen (secondary N) is 2. The van der Waals surface area contributed by atoms with Gasteiger partial charge in [-0.25, -0.2) is 13.8 Å². The van der Waals surface area contributed by atoms with Crippen LogP contribution in [0.5, 0.6) is 0 Å². The summed E-state index contributed by atoms with van der Waals surface area (Å²) in [5, 5.41) is 5.90. The number of nitrogens with zero attached hydrogens (tertiary/aromatic N) is 2. The van der Waals surface area contributed by atoms with Crippen LogP contribution in [0, 0.1) is 18.6 Å². The van der Waals surface area contributed by atoms with Gasteiger partial charge in [-0.05, 0) is 32.9 Å². The molecule has 0 aliphatic heterocycles. The van der Waals surface area contributed by atoms with Gasteiger partial charge in [0.15, 0.2) is 0 Å². The molecule has 1 aromatic heterocycles. The number of anilines is 3. The maximum absolute atomic E-state index is 13.6. The number of hydrogen-bond acceptors (Lipinski definition) is 4. The lowest BCUT2D eigenvalue weighted by Crippen LogP contribution is -2.13.